The number of carboxylic acids is 1. The predicted molar refractivity (Wildman–Crippen MR) is 80.9 cm³/mol. The normalized spacial score (nSPS) is 21.6. The molecule has 0 saturated carbocycles. The van der Waals surface area contributed by atoms with Gasteiger partial charge in [0, 0.05) is 12.6 Å². The molecular formula is C17H25NO2. The number of nitrogens with zero attached hydrogens (tertiary/aromatic N) is 1. The topological polar surface area (TPSA) is 40.5 Å². The number of carbonyl (C=O) groups is 1. The molecule has 1 saturated heterocycles. The average molecular weight is 275 g/mol. The molecule has 2 atom stereocenters. The summed E-state index contributed by atoms with van der Waals surface area (Å²) in [5.74, 6) is -0.831. The summed E-state index contributed by atoms with van der Waals surface area (Å²) < 4.78 is 0. The van der Waals surface area contributed by atoms with E-state index in [1.165, 1.54) is 11.1 Å². The molecule has 0 aliphatic carbocycles. The van der Waals surface area contributed by atoms with Gasteiger partial charge in [-0.3, -0.25) is 9.69 Å². The number of hydrogen-bond donors (Lipinski definition) is 1. The molecule has 0 radical (unpaired) electrons. The van der Waals surface area contributed by atoms with E-state index in [1.807, 2.05) is 0 Å². The van der Waals surface area contributed by atoms with Crippen LogP contribution in [-0.2, 0) is 17.6 Å². The smallest absolute Gasteiger partial charge is 0.307 e. The second-order valence-corrected chi connectivity index (χ2v) is 5.90. The van der Waals surface area contributed by atoms with Crippen LogP contribution in [0.25, 0.3) is 0 Å². The number of likely N-dealkylation sites (tertiary alicyclic amines) is 1. The molecule has 20 heavy (non-hydrogen) atoms. The zero-order valence-corrected chi connectivity index (χ0v) is 12.5. The van der Waals surface area contributed by atoms with Gasteiger partial charge in [-0.05, 0) is 50.3 Å². The first-order valence-corrected chi connectivity index (χ1v) is 7.64. The summed E-state index contributed by atoms with van der Waals surface area (Å²) in [7, 11) is 0. The van der Waals surface area contributed by atoms with Gasteiger partial charge in [-0.25, -0.2) is 0 Å². The average Bonchev–Trinajstić information content (AvgIpc) is 2.48. The van der Waals surface area contributed by atoms with Gasteiger partial charge in [-0.15, -0.1) is 0 Å². The fourth-order valence-corrected chi connectivity index (χ4v) is 2.99. The van der Waals surface area contributed by atoms with Gasteiger partial charge in [0.05, 0.1) is 5.92 Å². The minimum atomic E-state index is -0.644. The molecule has 0 spiro atoms. The van der Waals surface area contributed by atoms with Gasteiger partial charge >= 0.3 is 5.97 Å². The zero-order valence-electron chi connectivity index (χ0n) is 12.5. The van der Waals surface area contributed by atoms with Gasteiger partial charge < -0.3 is 5.11 Å². The lowest BCUT2D eigenvalue weighted by molar-refractivity contribution is -0.143. The number of rotatable bonds is 5. The molecule has 1 aliphatic rings. The first kappa shape index (κ1) is 15.0. The lowest BCUT2D eigenvalue weighted by Gasteiger charge is -2.35. The summed E-state index contributed by atoms with van der Waals surface area (Å²) in [6, 6.07) is 9.20. The molecule has 0 amide bonds. The molecule has 2 unspecified atom stereocenters. The number of benzene rings is 1. The van der Waals surface area contributed by atoms with Crippen molar-refractivity contribution in [2.45, 2.75) is 45.6 Å². The van der Waals surface area contributed by atoms with Crippen molar-refractivity contribution in [3.05, 3.63) is 35.4 Å². The molecule has 1 fully saturated rings. The van der Waals surface area contributed by atoms with Gasteiger partial charge in [0.2, 0.25) is 0 Å². The molecule has 3 nitrogen and oxygen atoms in total. The Bertz CT molecular complexity index is 441. The lowest BCUT2D eigenvalue weighted by atomic mass is 9.95. The van der Waals surface area contributed by atoms with Crippen molar-refractivity contribution >= 4 is 5.97 Å². The molecule has 1 heterocycles. The standard InChI is InChI=1S/C17H25NO2/c1-3-14-6-8-15(9-7-14)11-13(2)18-10-4-5-16(12-18)17(19)20/h6-9,13,16H,3-5,10-12H2,1-2H3,(H,19,20). The van der Waals surface area contributed by atoms with Crippen molar-refractivity contribution in [2.24, 2.45) is 5.92 Å². The van der Waals surface area contributed by atoms with Crippen LogP contribution in [-0.4, -0.2) is 35.1 Å². The second kappa shape index (κ2) is 6.89. The van der Waals surface area contributed by atoms with E-state index in [4.69, 9.17) is 5.11 Å². The van der Waals surface area contributed by atoms with Crippen LogP contribution in [0.2, 0.25) is 0 Å². The summed E-state index contributed by atoms with van der Waals surface area (Å²) in [6.45, 7) is 6.09. The Kier molecular flexibility index (Phi) is 5.18. The zero-order chi connectivity index (χ0) is 14.5. The summed E-state index contributed by atoms with van der Waals surface area (Å²) in [4.78, 5) is 13.5. The molecule has 3 heteroatoms. The molecule has 2 rings (SSSR count). The van der Waals surface area contributed by atoms with Crippen molar-refractivity contribution in [3.63, 3.8) is 0 Å². The summed E-state index contributed by atoms with van der Waals surface area (Å²) in [6.07, 6.45) is 3.89. The van der Waals surface area contributed by atoms with E-state index in [2.05, 4.69) is 43.0 Å². The van der Waals surface area contributed by atoms with Crippen LogP contribution in [0.15, 0.2) is 24.3 Å². The Hall–Kier alpha value is -1.35. The monoisotopic (exact) mass is 275 g/mol. The number of aliphatic carboxylic acids is 1. The van der Waals surface area contributed by atoms with Gasteiger partial charge in [0.25, 0.3) is 0 Å². The number of piperidine rings is 1. The third-order valence-electron chi connectivity index (χ3n) is 4.39. The predicted octanol–water partition coefficient (Wildman–Crippen LogP) is 2.98. The maximum Gasteiger partial charge on any atom is 0.307 e. The van der Waals surface area contributed by atoms with Crippen LogP contribution >= 0.6 is 0 Å². The quantitative estimate of drug-likeness (QED) is 0.898. The Morgan fingerprint density at radius 3 is 2.60 bits per heavy atom. The lowest BCUT2D eigenvalue weighted by Crippen LogP contribution is -2.44. The Balaban J connectivity index is 1.93. The van der Waals surface area contributed by atoms with Crippen molar-refractivity contribution < 1.29 is 9.90 Å². The number of carboxylic acid groups (broad SMARTS) is 1. The molecular weight excluding hydrogens is 250 g/mol. The van der Waals surface area contributed by atoms with E-state index in [-0.39, 0.29) is 5.92 Å². The fraction of sp³-hybridized carbons (Fsp3) is 0.588. The molecule has 1 aromatic rings. The molecule has 110 valence electrons. The fourth-order valence-electron chi connectivity index (χ4n) is 2.99. The van der Waals surface area contributed by atoms with E-state index < -0.39 is 5.97 Å². The van der Waals surface area contributed by atoms with Crippen LogP contribution in [0.3, 0.4) is 0 Å². The first-order chi connectivity index (χ1) is 9.60. The first-order valence-electron chi connectivity index (χ1n) is 7.64. The van der Waals surface area contributed by atoms with Gasteiger partial charge in [0.1, 0.15) is 0 Å². The highest BCUT2D eigenvalue weighted by Crippen LogP contribution is 2.20. The van der Waals surface area contributed by atoms with Gasteiger partial charge in [0.15, 0.2) is 0 Å². The van der Waals surface area contributed by atoms with E-state index in [9.17, 15) is 4.79 Å². The molecule has 1 aromatic carbocycles. The van der Waals surface area contributed by atoms with Crippen LogP contribution in [0.5, 0.6) is 0 Å². The molecule has 1 N–H and O–H groups in total. The number of hydrogen-bond acceptors (Lipinski definition) is 2. The van der Waals surface area contributed by atoms with Gasteiger partial charge in [-0.1, -0.05) is 31.2 Å². The largest absolute Gasteiger partial charge is 0.481 e. The summed E-state index contributed by atoms with van der Waals surface area (Å²) >= 11 is 0. The second-order valence-electron chi connectivity index (χ2n) is 5.90. The van der Waals surface area contributed by atoms with Crippen LogP contribution in [0, 0.1) is 5.92 Å². The SMILES string of the molecule is CCc1ccc(CC(C)N2CCCC(C(=O)O)C2)cc1. The van der Waals surface area contributed by atoms with E-state index in [0.29, 0.717) is 12.6 Å². The molecule has 1 aliphatic heterocycles. The minimum absolute atomic E-state index is 0.186. The highest BCUT2D eigenvalue weighted by Gasteiger charge is 2.27. The minimum Gasteiger partial charge on any atom is -0.481 e. The highest BCUT2D eigenvalue weighted by atomic mass is 16.4. The van der Waals surface area contributed by atoms with Crippen LogP contribution < -0.4 is 0 Å². The third kappa shape index (κ3) is 3.83. The van der Waals surface area contributed by atoms with Crippen molar-refractivity contribution in [1.82, 2.24) is 4.90 Å². The summed E-state index contributed by atoms with van der Waals surface area (Å²) in [5.41, 5.74) is 2.71. The molecule has 0 bridgehead atoms. The summed E-state index contributed by atoms with van der Waals surface area (Å²) in [5, 5.41) is 9.16. The van der Waals surface area contributed by atoms with E-state index in [1.54, 1.807) is 0 Å². The van der Waals surface area contributed by atoms with Crippen molar-refractivity contribution in [1.29, 1.82) is 0 Å². The van der Waals surface area contributed by atoms with Crippen molar-refractivity contribution in [3.8, 4) is 0 Å². The third-order valence-corrected chi connectivity index (χ3v) is 4.39. The highest BCUT2D eigenvalue weighted by molar-refractivity contribution is 5.70. The van der Waals surface area contributed by atoms with Gasteiger partial charge in [-0.2, -0.15) is 0 Å². The maximum absolute atomic E-state index is 11.1. The maximum atomic E-state index is 11.1. The van der Waals surface area contributed by atoms with Crippen LogP contribution in [0.1, 0.15) is 37.8 Å². The van der Waals surface area contributed by atoms with Crippen molar-refractivity contribution in [2.75, 3.05) is 13.1 Å². The molecule has 0 aromatic heterocycles. The Morgan fingerprint density at radius 1 is 1.35 bits per heavy atom. The Labute approximate surface area is 121 Å². The van der Waals surface area contributed by atoms with E-state index >= 15 is 0 Å². The van der Waals surface area contributed by atoms with E-state index in [0.717, 1.165) is 32.2 Å². The Morgan fingerprint density at radius 2 is 2.00 bits per heavy atom. The van der Waals surface area contributed by atoms with Crippen LogP contribution in [0.4, 0.5) is 0 Å². The number of aryl methyl sites for hydroxylation is 1.